The normalized spacial score (nSPS) is 11.3. The van der Waals surface area contributed by atoms with Crippen molar-refractivity contribution < 1.29 is 0 Å². The number of thioether (sulfide) groups is 1. The van der Waals surface area contributed by atoms with Crippen molar-refractivity contribution in [1.82, 2.24) is 25.3 Å². The molecule has 1 aromatic carbocycles. The lowest BCUT2D eigenvalue weighted by atomic mass is 10.0. The molecule has 0 aliphatic rings. The van der Waals surface area contributed by atoms with E-state index >= 15 is 0 Å². The van der Waals surface area contributed by atoms with Crippen LogP contribution in [0.5, 0.6) is 0 Å². The molecule has 0 saturated heterocycles. The highest BCUT2D eigenvalue weighted by Crippen LogP contribution is 2.22. The molecule has 0 aliphatic heterocycles. The fourth-order valence-corrected chi connectivity index (χ4v) is 2.67. The number of nitrogens with zero attached hydrogens (tertiary/aromatic N) is 5. The Bertz CT molecular complexity index is 705. The summed E-state index contributed by atoms with van der Waals surface area (Å²) in [6, 6.07) is 12.6. The number of hydrogen-bond donors (Lipinski definition) is 0. The molecule has 0 N–H and O–H groups in total. The zero-order valence-electron chi connectivity index (χ0n) is 11.4. The van der Waals surface area contributed by atoms with Crippen LogP contribution in [0.1, 0.15) is 30.9 Å². The molecule has 20 heavy (non-hydrogen) atoms. The molecule has 0 unspecified atom stereocenters. The van der Waals surface area contributed by atoms with Gasteiger partial charge in [-0.05, 0) is 39.6 Å². The average Bonchev–Trinajstić information content (AvgIpc) is 2.93. The Morgan fingerprint density at radius 2 is 1.90 bits per heavy atom. The first-order valence-corrected chi connectivity index (χ1v) is 7.48. The first kappa shape index (κ1) is 13.1. The minimum Gasteiger partial charge on any atom is -0.140 e. The van der Waals surface area contributed by atoms with Gasteiger partial charge in [0.25, 0.3) is 0 Å². The minimum absolute atomic E-state index is 0.570. The summed E-state index contributed by atoms with van der Waals surface area (Å²) in [5.41, 5.74) is 3.32. The zero-order valence-corrected chi connectivity index (χ0v) is 12.2. The summed E-state index contributed by atoms with van der Waals surface area (Å²) in [5.74, 6) is 1.46. The van der Waals surface area contributed by atoms with Crippen LogP contribution in [0.4, 0.5) is 0 Å². The van der Waals surface area contributed by atoms with E-state index in [4.69, 9.17) is 0 Å². The molecule has 2 aromatic heterocycles. The first-order chi connectivity index (χ1) is 9.72. The number of hydrogen-bond acceptors (Lipinski definition) is 5. The van der Waals surface area contributed by atoms with Gasteiger partial charge in [0.15, 0.2) is 5.65 Å². The highest BCUT2D eigenvalue weighted by Gasteiger charge is 2.03. The van der Waals surface area contributed by atoms with Gasteiger partial charge in [-0.3, -0.25) is 0 Å². The minimum atomic E-state index is 0.570. The van der Waals surface area contributed by atoms with Crippen molar-refractivity contribution >= 4 is 17.4 Å². The van der Waals surface area contributed by atoms with E-state index in [1.54, 1.807) is 11.8 Å². The average molecular weight is 285 g/mol. The van der Waals surface area contributed by atoms with Gasteiger partial charge in [0.1, 0.15) is 5.03 Å². The van der Waals surface area contributed by atoms with Gasteiger partial charge < -0.3 is 0 Å². The molecule has 0 atom stereocenters. The molecule has 0 spiro atoms. The summed E-state index contributed by atoms with van der Waals surface area (Å²) in [5, 5.41) is 16.5. The molecule has 5 nitrogen and oxygen atoms in total. The van der Waals surface area contributed by atoms with E-state index < -0.39 is 0 Å². The van der Waals surface area contributed by atoms with Crippen LogP contribution in [-0.4, -0.2) is 25.3 Å². The fraction of sp³-hybridized carbons (Fsp3) is 0.286. The van der Waals surface area contributed by atoms with Gasteiger partial charge in [0, 0.05) is 5.75 Å². The van der Waals surface area contributed by atoms with Gasteiger partial charge >= 0.3 is 0 Å². The van der Waals surface area contributed by atoms with Crippen LogP contribution in [0, 0.1) is 0 Å². The van der Waals surface area contributed by atoms with E-state index in [9.17, 15) is 0 Å². The van der Waals surface area contributed by atoms with Gasteiger partial charge in [-0.15, -0.1) is 14.8 Å². The molecular weight excluding hydrogens is 270 g/mol. The Kier molecular flexibility index (Phi) is 3.64. The lowest BCUT2D eigenvalue weighted by molar-refractivity contribution is 0.702. The van der Waals surface area contributed by atoms with E-state index in [0.29, 0.717) is 11.6 Å². The molecule has 2 heterocycles. The highest BCUT2D eigenvalue weighted by atomic mass is 32.2. The van der Waals surface area contributed by atoms with Gasteiger partial charge in [0.05, 0.1) is 0 Å². The van der Waals surface area contributed by atoms with Crippen LogP contribution >= 0.6 is 11.8 Å². The molecule has 102 valence electrons. The monoisotopic (exact) mass is 285 g/mol. The molecule has 3 rings (SSSR count). The van der Waals surface area contributed by atoms with Crippen LogP contribution in [0.2, 0.25) is 0 Å². The van der Waals surface area contributed by atoms with Gasteiger partial charge in [0.2, 0.25) is 0 Å². The van der Waals surface area contributed by atoms with Crippen molar-refractivity contribution in [2.45, 2.75) is 30.5 Å². The standard InChI is InChI=1S/C14H15N5S/c1-10(2)12-5-3-11(4-6-12)9-20-14-8-7-13-15-17-18-19(13)16-14/h3-8,10H,9H2,1-2H3. The quantitative estimate of drug-likeness (QED) is 0.690. The second-order valence-corrected chi connectivity index (χ2v) is 5.88. The van der Waals surface area contributed by atoms with E-state index in [1.165, 1.54) is 15.8 Å². The molecule has 0 radical (unpaired) electrons. The summed E-state index contributed by atoms with van der Waals surface area (Å²) < 4.78 is 1.45. The van der Waals surface area contributed by atoms with Crippen molar-refractivity contribution in [2.24, 2.45) is 0 Å². The molecular formula is C14H15N5S. The van der Waals surface area contributed by atoms with Gasteiger partial charge in [-0.1, -0.05) is 49.9 Å². The summed E-state index contributed by atoms with van der Waals surface area (Å²) in [7, 11) is 0. The maximum Gasteiger partial charge on any atom is 0.200 e. The van der Waals surface area contributed by atoms with Crippen molar-refractivity contribution in [2.75, 3.05) is 0 Å². The van der Waals surface area contributed by atoms with E-state index in [0.717, 1.165) is 10.8 Å². The second kappa shape index (κ2) is 5.58. The summed E-state index contributed by atoms with van der Waals surface area (Å²) in [6.45, 7) is 4.41. The van der Waals surface area contributed by atoms with Crippen LogP contribution in [0.15, 0.2) is 41.4 Å². The Hall–Kier alpha value is -1.95. The molecule has 0 aliphatic carbocycles. The molecule has 0 bridgehead atoms. The lowest BCUT2D eigenvalue weighted by Crippen LogP contribution is -1.95. The Morgan fingerprint density at radius 1 is 1.10 bits per heavy atom. The van der Waals surface area contributed by atoms with E-state index in [1.807, 2.05) is 12.1 Å². The number of aromatic nitrogens is 5. The van der Waals surface area contributed by atoms with Gasteiger partial charge in [-0.25, -0.2) is 0 Å². The molecule has 3 aromatic rings. The molecule has 0 saturated carbocycles. The predicted molar refractivity (Wildman–Crippen MR) is 78.7 cm³/mol. The number of benzene rings is 1. The number of fused-ring (bicyclic) bond motifs is 1. The van der Waals surface area contributed by atoms with E-state index in [-0.39, 0.29) is 0 Å². The number of tetrazole rings is 1. The summed E-state index contributed by atoms with van der Waals surface area (Å²) >= 11 is 1.68. The molecule has 6 heteroatoms. The van der Waals surface area contributed by atoms with Crippen LogP contribution in [-0.2, 0) is 5.75 Å². The third-order valence-electron chi connectivity index (χ3n) is 3.08. The van der Waals surface area contributed by atoms with Crippen LogP contribution in [0.3, 0.4) is 0 Å². The highest BCUT2D eigenvalue weighted by molar-refractivity contribution is 7.98. The Labute approximate surface area is 121 Å². The van der Waals surface area contributed by atoms with Crippen LogP contribution in [0.25, 0.3) is 5.65 Å². The topological polar surface area (TPSA) is 56.0 Å². The largest absolute Gasteiger partial charge is 0.200 e. The maximum absolute atomic E-state index is 4.34. The predicted octanol–water partition coefficient (Wildman–Crippen LogP) is 2.94. The number of rotatable bonds is 4. The maximum atomic E-state index is 4.34. The Balaban J connectivity index is 1.69. The Morgan fingerprint density at radius 3 is 2.65 bits per heavy atom. The molecule has 0 fully saturated rings. The fourth-order valence-electron chi connectivity index (χ4n) is 1.87. The second-order valence-electron chi connectivity index (χ2n) is 4.88. The third-order valence-corrected chi connectivity index (χ3v) is 4.07. The van der Waals surface area contributed by atoms with E-state index in [2.05, 4.69) is 58.7 Å². The van der Waals surface area contributed by atoms with Crippen LogP contribution < -0.4 is 0 Å². The van der Waals surface area contributed by atoms with Crippen molar-refractivity contribution in [3.05, 3.63) is 47.5 Å². The summed E-state index contributed by atoms with van der Waals surface area (Å²) in [6.07, 6.45) is 0. The first-order valence-electron chi connectivity index (χ1n) is 6.49. The zero-order chi connectivity index (χ0) is 13.9. The van der Waals surface area contributed by atoms with Crippen molar-refractivity contribution in [3.63, 3.8) is 0 Å². The SMILES string of the molecule is CC(C)c1ccc(CSc2ccc3nnnn3n2)cc1. The molecule has 0 amide bonds. The smallest absolute Gasteiger partial charge is 0.140 e. The van der Waals surface area contributed by atoms with Crippen molar-refractivity contribution in [3.8, 4) is 0 Å². The van der Waals surface area contributed by atoms with Crippen molar-refractivity contribution in [1.29, 1.82) is 0 Å². The van der Waals surface area contributed by atoms with Gasteiger partial charge in [-0.2, -0.15) is 0 Å². The third kappa shape index (κ3) is 2.80. The lowest BCUT2D eigenvalue weighted by Gasteiger charge is -2.06. The summed E-state index contributed by atoms with van der Waals surface area (Å²) in [4.78, 5) is 0.